The Morgan fingerprint density at radius 3 is 2.19 bits per heavy atom. The second-order valence-electron chi connectivity index (χ2n) is 4.83. The molecule has 0 bridgehead atoms. The van der Waals surface area contributed by atoms with Crippen molar-refractivity contribution in [3.8, 4) is 5.75 Å². The average molecular weight is 296 g/mol. The molecule has 1 N–H and O–H groups in total. The van der Waals surface area contributed by atoms with Gasteiger partial charge in [-0.1, -0.05) is 18.2 Å². The molecule has 0 aliphatic rings. The molecule has 5 heteroatoms. The summed E-state index contributed by atoms with van der Waals surface area (Å²) in [5.74, 6) is -0.505. The molecule has 2 rings (SSSR count). The fourth-order valence-electron chi connectivity index (χ4n) is 2.27. The number of aryl methyl sites for hydroxylation is 2. The Hall–Kier alpha value is -2.01. The Morgan fingerprint density at radius 1 is 1.05 bits per heavy atom. The topological polar surface area (TPSA) is 29.5 Å². The first-order chi connectivity index (χ1) is 9.88. The van der Waals surface area contributed by atoms with Crippen LogP contribution in [-0.4, -0.2) is 11.7 Å². The lowest BCUT2D eigenvalue weighted by atomic mass is 9.95. The number of halogens is 3. The highest BCUT2D eigenvalue weighted by Gasteiger charge is 2.18. The van der Waals surface area contributed by atoms with E-state index in [1.54, 1.807) is 19.9 Å². The minimum Gasteiger partial charge on any atom is -0.435 e. The highest BCUT2D eigenvalue weighted by Crippen LogP contribution is 2.29. The van der Waals surface area contributed by atoms with Gasteiger partial charge in [0.25, 0.3) is 0 Å². The van der Waals surface area contributed by atoms with Crippen LogP contribution in [0.4, 0.5) is 13.2 Å². The molecular formula is C16H15F3O2. The zero-order valence-electron chi connectivity index (χ0n) is 11.6. The van der Waals surface area contributed by atoms with E-state index in [2.05, 4.69) is 4.74 Å². The Bertz CT molecular complexity index is 601. The summed E-state index contributed by atoms with van der Waals surface area (Å²) in [6.45, 7) is 0.573. The number of benzene rings is 2. The first kappa shape index (κ1) is 15.4. The van der Waals surface area contributed by atoms with Gasteiger partial charge >= 0.3 is 6.61 Å². The molecule has 1 unspecified atom stereocenters. The number of aliphatic hydroxyl groups excluding tert-OH is 1. The van der Waals surface area contributed by atoms with Gasteiger partial charge in [0.15, 0.2) is 0 Å². The van der Waals surface area contributed by atoms with E-state index >= 15 is 0 Å². The van der Waals surface area contributed by atoms with Crippen molar-refractivity contribution < 1.29 is 23.0 Å². The van der Waals surface area contributed by atoms with Crippen LogP contribution in [0, 0.1) is 19.7 Å². The van der Waals surface area contributed by atoms with Crippen LogP contribution in [0.2, 0.25) is 0 Å². The van der Waals surface area contributed by atoms with E-state index in [1.165, 1.54) is 30.3 Å². The largest absolute Gasteiger partial charge is 0.435 e. The fraction of sp³-hybridized carbons (Fsp3) is 0.250. The quantitative estimate of drug-likeness (QED) is 0.919. The number of hydrogen-bond donors (Lipinski definition) is 1. The molecule has 21 heavy (non-hydrogen) atoms. The monoisotopic (exact) mass is 296 g/mol. The van der Waals surface area contributed by atoms with Crippen molar-refractivity contribution in [2.45, 2.75) is 26.6 Å². The molecule has 0 amide bonds. The second kappa shape index (κ2) is 6.18. The van der Waals surface area contributed by atoms with E-state index in [1.807, 2.05) is 0 Å². The van der Waals surface area contributed by atoms with Crippen molar-refractivity contribution in [3.05, 3.63) is 64.5 Å². The summed E-state index contributed by atoms with van der Waals surface area (Å²) < 4.78 is 42.4. The van der Waals surface area contributed by atoms with Gasteiger partial charge in [-0.25, -0.2) is 4.39 Å². The maximum atomic E-state index is 14.0. The Morgan fingerprint density at radius 2 is 1.67 bits per heavy atom. The third kappa shape index (κ3) is 3.55. The van der Waals surface area contributed by atoms with Gasteiger partial charge in [-0.3, -0.25) is 0 Å². The number of hydrogen-bond acceptors (Lipinski definition) is 2. The predicted octanol–water partition coefficient (Wildman–Crippen LogP) is 4.13. The van der Waals surface area contributed by atoms with Gasteiger partial charge in [-0.05, 0) is 48.7 Å². The molecule has 0 spiro atoms. The lowest BCUT2D eigenvalue weighted by Crippen LogP contribution is -2.06. The summed E-state index contributed by atoms with van der Waals surface area (Å²) in [5, 5.41) is 10.3. The van der Waals surface area contributed by atoms with Crippen LogP contribution in [-0.2, 0) is 0 Å². The van der Waals surface area contributed by atoms with Gasteiger partial charge in [0.1, 0.15) is 17.7 Å². The molecule has 0 saturated carbocycles. The molecule has 0 radical (unpaired) electrons. The molecular weight excluding hydrogens is 281 g/mol. The van der Waals surface area contributed by atoms with Crippen LogP contribution in [0.1, 0.15) is 28.4 Å². The highest BCUT2D eigenvalue weighted by atomic mass is 19.3. The lowest BCUT2D eigenvalue weighted by molar-refractivity contribution is -0.0498. The third-order valence-corrected chi connectivity index (χ3v) is 3.18. The molecule has 0 saturated heterocycles. The van der Waals surface area contributed by atoms with Crippen molar-refractivity contribution in [1.29, 1.82) is 0 Å². The number of aliphatic hydroxyl groups is 1. The van der Waals surface area contributed by atoms with Gasteiger partial charge in [0, 0.05) is 5.56 Å². The summed E-state index contributed by atoms with van der Waals surface area (Å²) in [5.41, 5.74) is 1.99. The lowest BCUT2D eigenvalue weighted by Gasteiger charge is -2.16. The Kier molecular flexibility index (Phi) is 4.53. The summed E-state index contributed by atoms with van der Waals surface area (Å²) in [6, 6.07) is 8.61. The fourth-order valence-corrected chi connectivity index (χ4v) is 2.27. The van der Waals surface area contributed by atoms with Gasteiger partial charge < -0.3 is 9.84 Å². The second-order valence-corrected chi connectivity index (χ2v) is 4.83. The van der Waals surface area contributed by atoms with Crippen LogP contribution in [0.15, 0.2) is 36.4 Å². The van der Waals surface area contributed by atoms with E-state index in [0.29, 0.717) is 11.1 Å². The molecule has 0 aromatic heterocycles. The molecule has 0 aliphatic carbocycles. The normalized spacial score (nSPS) is 12.5. The van der Waals surface area contributed by atoms with E-state index in [-0.39, 0.29) is 11.3 Å². The molecule has 2 aromatic rings. The number of rotatable bonds is 4. The van der Waals surface area contributed by atoms with Crippen molar-refractivity contribution in [2.75, 3.05) is 0 Å². The number of ether oxygens (including phenoxy) is 1. The van der Waals surface area contributed by atoms with Gasteiger partial charge in [-0.15, -0.1) is 0 Å². The Labute approximate surface area is 120 Å². The zero-order valence-corrected chi connectivity index (χ0v) is 11.6. The van der Waals surface area contributed by atoms with Crippen molar-refractivity contribution in [3.63, 3.8) is 0 Å². The van der Waals surface area contributed by atoms with Gasteiger partial charge in [-0.2, -0.15) is 8.78 Å². The van der Waals surface area contributed by atoms with Crippen LogP contribution in [0.3, 0.4) is 0 Å². The Balaban J connectivity index is 2.30. The van der Waals surface area contributed by atoms with Crippen LogP contribution in [0.5, 0.6) is 5.75 Å². The molecule has 1 atom stereocenters. The number of alkyl halides is 2. The highest BCUT2D eigenvalue weighted by molar-refractivity contribution is 5.40. The first-order valence-electron chi connectivity index (χ1n) is 6.38. The standard InChI is InChI=1S/C16H15F3O2/c1-9-7-10(2)14(13(17)8-9)15(20)11-3-5-12(6-4-11)21-16(18)19/h3-8,15-16,20H,1-2H3. The van der Waals surface area contributed by atoms with E-state index < -0.39 is 18.5 Å². The molecule has 0 heterocycles. The molecule has 2 aromatic carbocycles. The van der Waals surface area contributed by atoms with Crippen LogP contribution in [0.25, 0.3) is 0 Å². The molecule has 2 nitrogen and oxygen atoms in total. The van der Waals surface area contributed by atoms with Crippen LogP contribution >= 0.6 is 0 Å². The zero-order chi connectivity index (χ0) is 15.6. The van der Waals surface area contributed by atoms with Crippen molar-refractivity contribution in [2.24, 2.45) is 0 Å². The van der Waals surface area contributed by atoms with Crippen molar-refractivity contribution >= 4 is 0 Å². The summed E-state index contributed by atoms with van der Waals surface area (Å²) in [6.07, 6.45) is -1.16. The smallest absolute Gasteiger partial charge is 0.387 e. The predicted molar refractivity (Wildman–Crippen MR) is 73.0 cm³/mol. The molecule has 0 fully saturated rings. The first-order valence-corrected chi connectivity index (χ1v) is 6.38. The maximum absolute atomic E-state index is 14.0. The van der Waals surface area contributed by atoms with E-state index in [4.69, 9.17) is 0 Å². The van der Waals surface area contributed by atoms with Crippen LogP contribution < -0.4 is 4.74 Å². The minimum absolute atomic E-state index is 0.0120. The van der Waals surface area contributed by atoms with Gasteiger partial charge in [0.05, 0.1) is 0 Å². The summed E-state index contributed by atoms with van der Waals surface area (Å²) in [4.78, 5) is 0. The SMILES string of the molecule is Cc1cc(C)c(C(O)c2ccc(OC(F)F)cc2)c(F)c1. The minimum atomic E-state index is -2.91. The molecule has 0 aliphatic heterocycles. The van der Waals surface area contributed by atoms with E-state index in [9.17, 15) is 18.3 Å². The molecule has 112 valence electrons. The van der Waals surface area contributed by atoms with E-state index in [0.717, 1.165) is 5.56 Å². The summed E-state index contributed by atoms with van der Waals surface area (Å²) in [7, 11) is 0. The van der Waals surface area contributed by atoms with Gasteiger partial charge in [0.2, 0.25) is 0 Å². The average Bonchev–Trinajstić information content (AvgIpc) is 2.37. The third-order valence-electron chi connectivity index (χ3n) is 3.18. The summed E-state index contributed by atoms with van der Waals surface area (Å²) >= 11 is 0. The van der Waals surface area contributed by atoms with Crippen molar-refractivity contribution in [1.82, 2.24) is 0 Å². The maximum Gasteiger partial charge on any atom is 0.387 e.